The molecule has 30 heavy (non-hydrogen) atoms. The number of hydrogen-bond acceptors (Lipinski definition) is 5. The van der Waals surface area contributed by atoms with Crippen LogP contribution in [0, 0.1) is 0 Å². The average Bonchev–Trinajstić information content (AvgIpc) is 2.74. The van der Waals surface area contributed by atoms with Gasteiger partial charge in [0.25, 0.3) is 5.56 Å². The Labute approximate surface area is 178 Å². The molecule has 3 aromatic rings. The Morgan fingerprint density at radius 3 is 2.67 bits per heavy atom. The molecule has 1 atom stereocenters. The van der Waals surface area contributed by atoms with Crippen LogP contribution in [0.3, 0.4) is 0 Å². The Morgan fingerprint density at radius 1 is 1.20 bits per heavy atom. The number of pyridine rings is 1. The van der Waals surface area contributed by atoms with Crippen LogP contribution >= 0.6 is 11.6 Å². The topological polar surface area (TPSA) is 86.9 Å². The average molecular weight is 427 g/mol. The summed E-state index contributed by atoms with van der Waals surface area (Å²) in [5, 5.41) is 13.1. The van der Waals surface area contributed by atoms with Crippen molar-refractivity contribution < 1.29 is 9.90 Å². The first-order valence-corrected chi connectivity index (χ1v) is 10.4. The first-order chi connectivity index (χ1) is 14.4. The van der Waals surface area contributed by atoms with Gasteiger partial charge in [0.05, 0.1) is 16.6 Å². The second-order valence-corrected chi connectivity index (χ2v) is 7.96. The first kappa shape index (κ1) is 20.2. The minimum Gasteiger partial charge on any atom is -0.478 e. The lowest BCUT2D eigenvalue weighted by atomic mass is 10.1. The highest BCUT2D eigenvalue weighted by atomic mass is 35.5. The van der Waals surface area contributed by atoms with Crippen LogP contribution in [-0.2, 0) is 0 Å². The van der Waals surface area contributed by atoms with E-state index in [0.29, 0.717) is 22.2 Å². The van der Waals surface area contributed by atoms with Crippen molar-refractivity contribution in [2.75, 3.05) is 23.3 Å². The number of hydrogen-bond donors (Lipinski definition) is 2. The van der Waals surface area contributed by atoms with Crippen LogP contribution in [0.5, 0.6) is 0 Å². The predicted octanol–water partition coefficient (Wildman–Crippen LogP) is 4.21. The number of rotatable bonds is 5. The number of halogens is 1. The molecule has 7 nitrogen and oxygen atoms in total. The maximum Gasteiger partial charge on any atom is 0.337 e. The predicted molar refractivity (Wildman–Crippen MR) is 118 cm³/mol. The van der Waals surface area contributed by atoms with E-state index in [1.807, 2.05) is 6.92 Å². The van der Waals surface area contributed by atoms with Crippen molar-refractivity contribution in [1.82, 2.24) is 9.38 Å². The summed E-state index contributed by atoms with van der Waals surface area (Å²) in [6, 6.07) is 9.70. The third kappa shape index (κ3) is 3.98. The minimum absolute atomic E-state index is 0.176. The molecule has 0 saturated carbocycles. The van der Waals surface area contributed by atoms with Gasteiger partial charge in [-0.05, 0) is 44.4 Å². The summed E-state index contributed by atoms with van der Waals surface area (Å²) < 4.78 is 1.45. The number of carboxylic acid groups (broad SMARTS) is 1. The number of fused-ring (bicyclic) bond motifs is 1. The highest BCUT2D eigenvalue weighted by molar-refractivity contribution is 6.30. The second kappa shape index (κ2) is 8.36. The van der Waals surface area contributed by atoms with Crippen LogP contribution in [0.25, 0.3) is 5.65 Å². The molecule has 1 aromatic carbocycles. The zero-order valence-corrected chi connectivity index (χ0v) is 17.4. The highest BCUT2D eigenvalue weighted by Crippen LogP contribution is 2.28. The number of carbonyl (C=O) groups is 1. The van der Waals surface area contributed by atoms with E-state index in [1.165, 1.54) is 10.8 Å². The molecule has 4 rings (SSSR count). The lowest BCUT2D eigenvalue weighted by Crippen LogP contribution is -2.32. The normalized spacial score (nSPS) is 15.2. The van der Waals surface area contributed by atoms with E-state index in [4.69, 9.17) is 16.6 Å². The zero-order valence-electron chi connectivity index (χ0n) is 16.6. The standard InChI is InChI=1S/C22H23ClN4O3/c1-14(24-18-8-4-3-7-16(18)22(29)30)17-11-15(23)13-27-20(28)12-19(25-21(17)27)26-9-5-2-6-10-26/h3-4,7-8,11-14,24H,2,5-6,9-10H2,1H3,(H,29,30)/t14-/m1/s1. The molecule has 0 amide bonds. The Balaban J connectivity index is 1.78. The Hall–Kier alpha value is -3.06. The van der Waals surface area contributed by atoms with Crippen molar-refractivity contribution >= 4 is 34.7 Å². The summed E-state index contributed by atoms with van der Waals surface area (Å²) in [5.41, 5.74) is 1.71. The number of aromatic nitrogens is 2. The Bertz CT molecular complexity index is 1150. The molecular formula is C22H23ClN4O3. The molecule has 1 fully saturated rings. The van der Waals surface area contributed by atoms with Crippen LogP contribution < -0.4 is 15.8 Å². The van der Waals surface area contributed by atoms with Gasteiger partial charge in [-0.15, -0.1) is 0 Å². The first-order valence-electron chi connectivity index (χ1n) is 10.0. The number of nitrogens with one attached hydrogen (secondary N) is 1. The van der Waals surface area contributed by atoms with E-state index in [0.717, 1.165) is 31.5 Å². The quantitative estimate of drug-likeness (QED) is 0.635. The molecule has 1 aliphatic rings. The maximum absolute atomic E-state index is 12.8. The van der Waals surface area contributed by atoms with Gasteiger partial charge in [-0.2, -0.15) is 0 Å². The fourth-order valence-corrected chi connectivity index (χ4v) is 4.11. The number of carboxylic acids is 1. The van der Waals surface area contributed by atoms with Crippen molar-refractivity contribution in [1.29, 1.82) is 0 Å². The summed E-state index contributed by atoms with van der Waals surface area (Å²) in [4.78, 5) is 31.3. The number of para-hydroxylation sites is 1. The van der Waals surface area contributed by atoms with Crippen LogP contribution in [-0.4, -0.2) is 33.6 Å². The second-order valence-electron chi connectivity index (χ2n) is 7.52. The highest BCUT2D eigenvalue weighted by Gasteiger charge is 2.19. The van der Waals surface area contributed by atoms with Gasteiger partial charge in [-0.25, -0.2) is 9.78 Å². The Kier molecular flexibility index (Phi) is 5.63. The van der Waals surface area contributed by atoms with Crippen molar-refractivity contribution in [3.8, 4) is 0 Å². The Morgan fingerprint density at radius 2 is 1.93 bits per heavy atom. The fraction of sp³-hybridized carbons (Fsp3) is 0.318. The van der Waals surface area contributed by atoms with Gasteiger partial charge in [-0.3, -0.25) is 9.20 Å². The van der Waals surface area contributed by atoms with Crippen molar-refractivity contribution in [3.63, 3.8) is 0 Å². The number of anilines is 2. The lowest BCUT2D eigenvalue weighted by molar-refractivity contribution is 0.0698. The number of benzene rings is 1. The van der Waals surface area contributed by atoms with Gasteiger partial charge >= 0.3 is 5.97 Å². The maximum atomic E-state index is 12.8. The molecule has 1 saturated heterocycles. The molecule has 156 valence electrons. The van der Waals surface area contributed by atoms with Crippen molar-refractivity contribution in [3.05, 3.63) is 69.1 Å². The van der Waals surface area contributed by atoms with Gasteiger partial charge in [-0.1, -0.05) is 23.7 Å². The third-order valence-corrected chi connectivity index (χ3v) is 5.63. The summed E-state index contributed by atoms with van der Waals surface area (Å²) in [7, 11) is 0. The van der Waals surface area contributed by atoms with Crippen molar-refractivity contribution in [2.45, 2.75) is 32.2 Å². The summed E-state index contributed by atoms with van der Waals surface area (Å²) in [6.45, 7) is 3.65. The number of nitrogens with zero attached hydrogens (tertiary/aromatic N) is 3. The smallest absolute Gasteiger partial charge is 0.337 e. The third-order valence-electron chi connectivity index (χ3n) is 5.42. The largest absolute Gasteiger partial charge is 0.478 e. The van der Waals surface area contributed by atoms with Gasteiger partial charge in [0.2, 0.25) is 0 Å². The molecule has 2 aromatic heterocycles. The fourth-order valence-electron chi connectivity index (χ4n) is 3.89. The van der Waals surface area contributed by atoms with E-state index < -0.39 is 5.97 Å². The lowest BCUT2D eigenvalue weighted by Gasteiger charge is -2.28. The number of piperidine rings is 1. The number of aromatic carboxylic acids is 1. The van der Waals surface area contributed by atoms with E-state index in [1.54, 1.807) is 42.6 Å². The molecule has 0 unspecified atom stereocenters. The monoisotopic (exact) mass is 426 g/mol. The molecule has 0 aliphatic carbocycles. The molecule has 0 radical (unpaired) electrons. The molecule has 3 heterocycles. The van der Waals surface area contributed by atoms with Crippen LogP contribution in [0.1, 0.15) is 48.1 Å². The van der Waals surface area contributed by atoms with E-state index in [2.05, 4.69) is 10.2 Å². The minimum atomic E-state index is -1.01. The van der Waals surface area contributed by atoms with E-state index >= 15 is 0 Å². The zero-order chi connectivity index (χ0) is 21.3. The SMILES string of the molecule is C[C@@H](Nc1ccccc1C(=O)O)c1cc(Cl)cn2c(=O)cc(N3CCCCC3)nc12. The molecule has 0 spiro atoms. The van der Waals surface area contributed by atoms with Gasteiger partial charge in [0, 0.05) is 36.6 Å². The van der Waals surface area contributed by atoms with Crippen LogP contribution in [0.2, 0.25) is 5.02 Å². The molecule has 8 heteroatoms. The summed E-state index contributed by atoms with van der Waals surface area (Å²) in [5.74, 6) is -0.343. The molecular weight excluding hydrogens is 404 g/mol. The molecule has 2 N–H and O–H groups in total. The molecule has 1 aliphatic heterocycles. The summed E-state index contributed by atoms with van der Waals surface area (Å²) >= 11 is 6.29. The summed E-state index contributed by atoms with van der Waals surface area (Å²) in [6.07, 6.45) is 4.92. The van der Waals surface area contributed by atoms with Crippen LogP contribution in [0.15, 0.2) is 47.4 Å². The van der Waals surface area contributed by atoms with Gasteiger partial charge in [0.15, 0.2) is 0 Å². The van der Waals surface area contributed by atoms with Crippen molar-refractivity contribution in [2.24, 2.45) is 0 Å². The van der Waals surface area contributed by atoms with Gasteiger partial charge in [0.1, 0.15) is 11.5 Å². The van der Waals surface area contributed by atoms with E-state index in [9.17, 15) is 14.7 Å². The van der Waals surface area contributed by atoms with Crippen LogP contribution in [0.4, 0.5) is 11.5 Å². The molecule has 0 bridgehead atoms. The van der Waals surface area contributed by atoms with Gasteiger partial charge < -0.3 is 15.3 Å². The van der Waals surface area contributed by atoms with E-state index in [-0.39, 0.29) is 17.2 Å².